The van der Waals surface area contributed by atoms with E-state index in [4.69, 9.17) is 9.47 Å². The van der Waals surface area contributed by atoms with Crippen LogP contribution >= 0.6 is 0 Å². The summed E-state index contributed by atoms with van der Waals surface area (Å²) in [6.07, 6.45) is 0.213. The Morgan fingerprint density at radius 1 is 1.29 bits per heavy atom. The van der Waals surface area contributed by atoms with Crippen LogP contribution in [-0.4, -0.2) is 55.0 Å². The van der Waals surface area contributed by atoms with Crippen LogP contribution in [0.5, 0.6) is 5.75 Å². The maximum absolute atomic E-state index is 13.7. The van der Waals surface area contributed by atoms with Crippen molar-refractivity contribution >= 4 is 33.4 Å². The molecule has 1 aliphatic heterocycles. The number of carbonyl (C=O) groups excluding carboxylic acids is 2. The van der Waals surface area contributed by atoms with Gasteiger partial charge in [0.25, 0.3) is 10.0 Å². The largest absolute Gasteiger partial charge is 0.484 e. The molecule has 2 N–H and O–H groups in total. The summed E-state index contributed by atoms with van der Waals surface area (Å²) in [5.74, 6) is 0.0567. The van der Waals surface area contributed by atoms with E-state index < -0.39 is 27.8 Å². The summed E-state index contributed by atoms with van der Waals surface area (Å²) in [6.45, 7) is 10.7. The van der Waals surface area contributed by atoms with Crippen LogP contribution < -0.4 is 19.7 Å². The third-order valence-electron chi connectivity index (χ3n) is 4.91. The smallest absolute Gasteiger partial charge is 0.412 e. The Bertz CT molecular complexity index is 1180. The Balaban J connectivity index is 2.00. The molecule has 0 aliphatic carbocycles. The maximum Gasteiger partial charge on any atom is 0.412 e. The molecule has 0 radical (unpaired) electrons. The summed E-state index contributed by atoms with van der Waals surface area (Å²) in [6, 6.07) is 4.69. The molecule has 0 saturated carbocycles. The summed E-state index contributed by atoms with van der Waals surface area (Å²) < 4.78 is 41.5. The van der Waals surface area contributed by atoms with Crippen molar-refractivity contribution in [3.05, 3.63) is 30.1 Å². The third kappa shape index (κ3) is 5.79. The first-order valence-electron chi connectivity index (χ1n) is 10.9. The van der Waals surface area contributed by atoms with E-state index in [1.807, 2.05) is 6.92 Å². The third-order valence-corrected chi connectivity index (χ3v) is 6.79. The average Bonchev–Trinajstić information content (AvgIpc) is 3.12. The van der Waals surface area contributed by atoms with Crippen molar-refractivity contribution in [1.82, 2.24) is 15.1 Å². The Kier molecular flexibility index (Phi) is 7.10. The van der Waals surface area contributed by atoms with Crippen molar-refractivity contribution in [3.63, 3.8) is 0 Å². The number of aromatic nitrogens is 2. The molecule has 1 aliphatic rings. The number of carbonyl (C=O) groups is 2. The van der Waals surface area contributed by atoms with Crippen molar-refractivity contribution in [1.29, 1.82) is 0 Å². The predicted octanol–water partition coefficient (Wildman–Crippen LogP) is 2.65. The molecule has 0 unspecified atom stereocenters. The number of sulfonamides is 1. The van der Waals surface area contributed by atoms with Crippen LogP contribution in [0.4, 0.5) is 16.2 Å². The van der Waals surface area contributed by atoms with E-state index in [1.54, 1.807) is 44.5 Å². The minimum atomic E-state index is -4.03. The van der Waals surface area contributed by atoms with Gasteiger partial charge in [0.15, 0.2) is 0 Å². The van der Waals surface area contributed by atoms with Crippen LogP contribution in [0.2, 0.25) is 0 Å². The van der Waals surface area contributed by atoms with Gasteiger partial charge in [0.2, 0.25) is 5.91 Å². The van der Waals surface area contributed by atoms with E-state index in [0.717, 1.165) is 0 Å². The highest BCUT2D eigenvalue weighted by Gasteiger charge is 2.36. The fraction of sp³-hybridized carbons (Fsp3) is 0.500. The summed E-state index contributed by atoms with van der Waals surface area (Å²) in [7, 11) is -4.03. The van der Waals surface area contributed by atoms with Gasteiger partial charge in [0.05, 0.1) is 24.5 Å². The Hall–Kier alpha value is -3.28. The number of nitrogens with zero attached hydrogens (tertiary/aromatic N) is 3. The summed E-state index contributed by atoms with van der Waals surface area (Å²) >= 11 is 0. The molecule has 34 heavy (non-hydrogen) atoms. The number of ether oxygens (including phenoxy) is 2. The zero-order chi connectivity index (χ0) is 25.3. The molecule has 2 heterocycles. The maximum atomic E-state index is 13.7. The van der Waals surface area contributed by atoms with Gasteiger partial charge in [0, 0.05) is 25.4 Å². The standard InChI is InChI=1S/C22H31N5O6S/c1-7-26-13-20(14(2)25-26)34(30,31)27-12-17(11-23-15(3)28)32-19-9-8-16(10-18(19)27)24-21(29)33-22(4,5)6/h8-10,13,17H,7,11-12H2,1-6H3,(H,23,28)(H,24,29)/t17-/m0/s1. The molecule has 12 heteroatoms. The first-order valence-corrected chi connectivity index (χ1v) is 12.4. The lowest BCUT2D eigenvalue weighted by Gasteiger charge is -2.35. The van der Waals surface area contributed by atoms with Crippen molar-refractivity contribution in [3.8, 4) is 5.75 Å². The molecule has 1 aromatic carbocycles. The quantitative estimate of drug-likeness (QED) is 0.632. The molecule has 0 saturated heterocycles. The van der Waals surface area contributed by atoms with Crippen LogP contribution in [0.3, 0.4) is 0 Å². The number of fused-ring (bicyclic) bond motifs is 1. The zero-order valence-electron chi connectivity index (χ0n) is 20.2. The number of aryl methyl sites for hydroxylation is 2. The highest BCUT2D eigenvalue weighted by Crippen LogP contribution is 2.39. The molecule has 0 bridgehead atoms. The van der Waals surface area contributed by atoms with Gasteiger partial charge >= 0.3 is 6.09 Å². The van der Waals surface area contributed by atoms with E-state index in [-0.39, 0.29) is 29.6 Å². The Labute approximate surface area is 199 Å². The number of amides is 2. The van der Waals surface area contributed by atoms with E-state index in [9.17, 15) is 18.0 Å². The average molecular weight is 494 g/mol. The van der Waals surface area contributed by atoms with Gasteiger partial charge in [-0.05, 0) is 52.8 Å². The number of hydrogen-bond acceptors (Lipinski definition) is 7. The first-order chi connectivity index (χ1) is 15.8. The van der Waals surface area contributed by atoms with Gasteiger partial charge in [-0.2, -0.15) is 5.10 Å². The Morgan fingerprint density at radius 2 is 2.00 bits per heavy atom. The van der Waals surface area contributed by atoms with Crippen LogP contribution in [0, 0.1) is 6.92 Å². The monoisotopic (exact) mass is 493 g/mol. The molecule has 2 amide bonds. The number of hydrogen-bond donors (Lipinski definition) is 2. The van der Waals surface area contributed by atoms with Crippen molar-refractivity contribution < 1.29 is 27.5 Å². The molecule has 11 nitrogen and oxygen atoms in total. The second kappa shape index (κ2) is 9.53. The van der Waals surface area contributed by atoms with Gasteiger partial charge in [-0.3, -0.25) is 19.1 Å². The van der Waals surface area contributed by atoms with Crippen molar-refractivity contribution in [2.45, 2.75) is 64.7 Å². The molecule has 2 aromatic rings. The molecular weight excluding hydrogens is 462 g/mol. The van der Waals surface area contributed by atoms with Crippen LogP contribution in [0.25, 0.3) is 0 Å². The SMILES string of the molecule is CCn1cc(S(=O)(=O)N2C[C@H](CNC(C)=O)Oc3ccc(NC(=O)OC(C)(C)C)cc32)c(C)n1. The van der Waals surface area contributed by atoms with Gasteiger partial charge in [-0.25, -0.2) is 13.2 Å². The fourth-order valence-electron chi connectivity index (χ4n) is 3.44. The molecule has 3 rings (SSSR count). The summed E-state index contributed by atoms with van der Waals surface area (Å²) in [5, 5.41) is 9.56. The number of benzene rings is 1. The van der Waals surface area contributed by atoms with Gasteiger partial charge in [0.1, 0.15) is 22.4 Å². The Morgan fingerprint density at radius 3 is 2.59 bits per heavy atom. The topological polar surface area (TPSA) is 132 Å². The second-order valence-electron chi connectivity index (χ2n) is 8.96. The molecule has 1 aromatic heterocycles. The normalized spacial score (nSPS) is 15.8. The summed E-state index contributed by atoms with van der Waals surface area (Å²) in [5.41, 5.74) is 0.288. The molecule has 186 valence electrons. The van der Waals surface area contributed by atoms with Crippen LogP contribution in [-0.2, 0) is 26.1 Å². The van der Waals surface area contributed by atoms with Crippen LogP contribution in [0.15, 0.2) is 29.3 Å². The van der Waals surface area contributed by atoms with Crippen molar-refractivity contribution in [2.75, 3.05) is 22.7 Å². The lowest BCUT2D eigenvalue weighted by molar-refractivity contribution is -0.119. The summed E-state index contributed by atoms with van der Waals surface area (Å²) in [4.78, 5) is 23.7. The van der Waals surface area contributed by atoms with Gasteiger partial charge in [-0.1, -0.05) is 0 Å². The molecule has 0 spiro atoms. The minimum absolute atomic E-state index is 0.0394. The lowest BCUT2D eigenvalue weighted by Crippen LogP contribution is -2.48. The minimum Gasteiger partial charge on any atom is -0.484 e. The van der Waals surface area contributed by atoms with Gasteiger partial charge in [-0.15, -0.1) is 0 Å². The molecule has 0 fully saturated rings. The van der Waals surface area contributed by atoms with Gasteiger partial charge < -0.3 is 14.8 Å². The fourth-order valence-corrected chi connectivity index (χ4v) is 5.11. The van der Waals surface area contributed by atoms with E-state index in [2.05, 4.69) is 15.7 Å². The second-order valence-corrected chi connectivity index (χ2v) is 10.8. The highest BCUT2D eigenvalue weighted by atomic mass is 32.2. The van der Waals surface area contributed by atoms with E-state index in [1.165, 1.54) is 23.5 Å². The molecular formula is C22H31N5O6S. The van der Waals surface area contributed by atoms with E-state index >= 15 is 0 Å². The van der Waals surface area contributed by atoms with Crippen molar-refractivity contribution in [2.24, 2.45) is 0 Å². The number of nitrogens with one attached hydrogen (secondary N) is 2. The molecule has 1 atom stereocenters. The van der Waals surface area contributed by atoms with Crippen LogP contribution in [0.1, 0.15) is 40.3 Å². The zero-order valence-corrected chi connectivity index (χ0v) is 21.0. The first kappa shape index (κ1) is 25.3. The highest BCUT2D eigenvalue weighted by molar-refractivity contribution is 7.92. The number of rotatable bonds is 6. The predicted molar refractivity (Wildman–Crippen MR) is 127 cm³/mol. The number of anilines is 2. The van der Waals surface area contributed by atoms with E-state index in [0.29, 0.717) is 23.7 Å². The lowest BCUT2D eigenvalue weighted by atomic mass is 10.2.